The molecule has 1 aliphatic heterocycles. The number of nitrogens with one attached hydrogen (secondary N) is 1. The van der Waals surface area contributed by atoms with Crippen LogP contribution in [0.3, 0.4) is 0 Å². The molecule has 2 atom stereocenters. The zero-order valence-corrected chi connectivity index (χ0v) is 17.1. The summed E-state index contributed by atoms with van der Waals surface area (Å²) in [6.45, 7) is 9.37. The van der Waals surface area contributed by atoms with Crippen molar-refractivity contribution in [2.24, 2.45) is 11.3 Å². The van der Waals surface area contributed by atoms with E-state index in [4.69, 9.17) is 4.74 Å². The molecule has 1 aliphatic carbocycles. The van der Waals surface area contributed by atoms with Gasteiger partial charge in [-0.2, -0.15) is 0 Å². The molecule has 1 aromatic carbocycles. The van der Waals surface area contributed by atoms with Crippen molar-refractivity contribution >= 4 is 11.8 Å². The molecule has 1 heterocycles. The van der Waals surface area contributed by atoms with Gasteiger partial charge in [-0.25, -0.2) is 0 Å². The van der Waals surface area contributed by atoms with Crippen molar-refractivity contribution in [1.29, 1.82) is 0 Å². The Bertz CT molecular complexity index is 714. The van der Waals surface area contributed by atoms with Gasteiger partial charge in [0.15, 0.2) is 6.61 Å². The van der Waals surface area contributed by atoms with Crippen LogP contribution in [0.1, 0.15) is 46.0 Å². The SMILES string of the molecule is C=CC(C)(CC)C(=O)N1CCCC(C2(NC(=O)COc3ccccc3)CC2)C1. The first-order chi connectivity index (χ1) is 13.4. The van der Waals surface area contributed by atoms with E-state index in [0.29, 0.717) is 18.2 Å². The van der Waals surface area contributed by atoms with E-state index < -0.39 is 5.41 Å². The van der Waals surface area contributed by atoms with Crippen molar-refractivity contribution in [2.45, 2.75) is 51.5 Å². The van der Waals surface area contributed by atoms with Gasteiger partial charge in [-0.3, -0.25) is 9.59 Å². The average Bonchev–Trinajstić information content (AvgIpc) is 3.52. The third-order valence-electron chi connectivity index (χ3n) is 6.45. The van der Waals surface area contributed by atoms with Crippen LogP contribution in [-0.4, -0.2) is 41.9 Å². The number of nitrogens with zero attached hydrogens (tertiary/aromatic N) is 1. The molecule has 0 spiro atoms. The number of rotatable bonds is 8. The number of benzene rings is 1. The predicted molar refractivity (Wildman–Crippen MR) is 110 cm³/mol. The Hall–Kier alpha value is -2.30. The lowest BCUT2D eigenvalue weighted by Crippen LogP contribution is -2.53. The highest BCUT2D eigenvalue weighted by Gasteiger charge is 2.52. The lowest BCUT2D eigenvalue weighted by atomic mass is 9.83. The van der Waals surface area contributed by atoms with E-state index in [1.807, 2.05) is 49.1 Å². The Morgan fingerprint density at radius 1 is 1.36 bits per heavy atom. The molecule has 2 amide bonds. The van der Waals surface area contributed by atoms with Gasteiger partial charge in [-0.05, 0) is 57.1 Å². The van der Waals surface area contributed by atoms with E-state index in [1.165, 1.54) is 0 Å². The summed E-state index contributed by atoms with van der Waals surface area (Å²) in [5.41, 5.74) is -0.682. The van der Waals surface area contributed by atoms with Crippen LogP contribution < -0.4 is 10.1 Å². The minimum atomic E-state index is -0.509. The van der Waals surface area contributed by atoms with Crippen molar-refractivity contribution < 1.29 is 14.3 Å². The molecule has 0 aromatic heterocycles. The topological polar surface area (TPSA) is 58.6 Å². The molecule has 152 valence electrons. The number of carbonyl (C=O) groups excluding carboxylic acids is 2. The van der Waals surface area contributed by atoms with E-state index in [1.54, 1.807) is 6.08 Å². The number of piperidine rings is 1. The summed E-state index contributed by atoms with van der Waals surface area (Å²) in [6.07, 6.45) is 6.49. The fourth-order valence-corrected chi connectivity index (χ4v) is 4.11. The Labute approximate surface area is 168 Å². The van der Waals surface area contributed by atoms with E-state index >= 15 is 0 Å². The van der Waals surface area contributed by atoms with Gasteiger partial charge in [0.25, 0.3) is 5.91 Å². The molecule has 1 saturated heterocycles. The largest absolute Gasteiger partial charge is 0.484 e. The first-order valence-electron chi connectivity index (χ1n) is 10.3. The van der Waals surface area contributed by atoms with Crippen LogP contribution in [0, 0.1) is 11.3 Å². The first-order valence-corrected chi connectivity index (χ1v) is 10.3. The van der Waals surface area contributed by atoms with Crippen molar-refractivity contribution in [3.05, 3.63) is 43.0 Å². The van der Waals surface area contributed by atoms with Gasteiger partial charge in [0.05, 0.1) is 5.41 Å². The van der Waals surface area contributed by atoms with Crippen molar-refractivity contribution in [2.75, 3.05) is 19.7 Å². The third kappa shape index (κ3) is 4.40. The molecule has 0 bridgehead atoms. The molecule has 28 heavy (non-hydrogen) atoms. The smallest absolute Gasteiger partial charge is 0.258 e. The number of hydrogen-bond donors (Lipinski definition) is 1. The van der Waals surface area contributed by atoms with E-state index in [0.717, 1.165) is 38.6 Å². The van der Waals surface area contributed by atoms with Crippen LogP contribution >= 0.6 is 0 Å². The lowest BCUT2D eigenvalue weighted by molar-refractivity contribution is -0.141. The molecule has 2 unspecified atom stereocenters. The number of para-hydroxylation sites is 1. The van der Waals surface area contributed by atoms with Gasteiger partial charge in [-0.15, -0.1) is 6.58 Å². The number of amides is 2. The van der Waals surface area contributed by atoms with Crippen LogP contribution in [0.4, 0.5) is 0 Å². The van der Waals surface area contributed by atoms with Crippen LogP contribution in [-0.2, 0) is 9.59 Å². The number of hydrogen-bond acceptors (Lipinski definition) is 3. The second-order valence-electron chi connectivity index (χ2n) is 8.37. The number of carbonyl (C=O) groups is 2. The predicted octanol–water partition coefficient (Wildman–Crippen LogP) is 3.56. The summed E-state index contributed by atoms with van der Waals surface area (Å²) in [7, 11) is 0. The quantitative estimate of drug-likeness (QED) is 0.697. The third-order valence-corrected chi connectivity index (χ3v) is 6.45. The summed E-state index contributed by atoms with van der Waals surface area (Å²) in [6, 6.07) is 9.37. The van der Waals surface area contributed by atoms with E-state index in [2.05, 4.69) is 11.9 Å². The molecule has 2 aliphatic rings. The first kappa shape index (κ1) is 20.4. The van der Waals surface area contributed by atoms with Gasteiger partial charge in [0, 0.05) is 18.6 Å². The Balaban J connectivity index is 1.57. The maximum atomic E-state index is 13.0. The standard InChI is InChI=1S/C23H32N2O3/c1-4-22(3,5-2)21(27)25-15-9-10-18(16-25)23(13-14-23)24-20(26)17-28-19-11-7-6-8-12-19/h4,6-8,11-12,18H,1,5,9-10,13-17H2,2-3H3,(H,24,26). The molecule has 2 fully saturated rings. The highest BCUT2D eigenvalue weighted by Crippen LogP contribution is 2.46. The Kier molecular flexibility index (Phi) is 6.11. The lowest BCUT2D eigenvalue weighted by Gasteiger charge is -2.40. The normalized spacial score (nSPS) is 22.6. The van der Waals surface area contributed by atoms with E-state index in [9.17, 15) is 9.59 Å². The summed E-state index contributed by atoms with van der Waals surface area (Å²) < 4.78 is 5.57. The van der Waals surface area contributed by atoms with Crippen LogP contribution in [0.2, 0.25) is 0 Å². The molecule has 5 nitrogen and oxygen atoms in total. The fourth-order valence-electron chi connectivity index (χ4n) is 4.11. The zero-order valence-electron chi connectivity index (χ0n) is 17.1. The minimum Gasteiger partial charge on any atom is -0.484 e. The van der Waals surface area contributed by atoms with Gasteiger partial charge in [-0.1, -0.05) is 31.2 Å². The van der Waals surface area contributed by atoms with Crippen molar-refractivity contribution in [3.63, 3.8) is 0 Å². The molecule has 1 aromatic rings. The molecular weight excluding hydrogens is 352 g/mol. The second-order valence-corrected chi connectivity index (χ2v) is 8.37. The van der Waals surface area contributed by atoms with Gasteiger partial charge in [0.2, 0.25) is 5.91 Å². The molecule has 5 heteroatoms. The van der Waals surface area contributed by atoms with Gasteiger partial charge in [0.1, 0.15) is 5.75 Å². The van der Waals surface area contributed by atoms with Crippen LogP contribution in [0.15, 0.2) is 43.0 Å². The molecule has 0 radical (unpaired) electrons. The molecule has 1 N–H and O–H groups in total. The maximum absolute atomic E-state index is 13.0. The number of likely N-dealkylation sites (tertiary alicyclic amines) is 1. The highest BCUT2D eigenvalue weighted by atomic mass is 16.5. The molecular formula is C23H32N2O3. The van der Waals surface area contributed by atoms with E-state index in [-0.39, 0.29) is 24.0 Å². The maximum Gasteiger partial charge on any atom is 0.258 e. The minimum absolute atomic E-state index is 0.0193. The van der Waals surface area contributed by atoms with Gasteiger partial charge >= 0.3 is 0 Å². The fraction of sp³-hybridized carbons (Fsp3) is 0.565. The van der Waals surface area contributed by atoms with Crippen molar-refractivity contribution in [1.82, 2.24) is 10.2 Å². The Morgan fingerprint density at radius 2 is 2.07 bits per heavy atom. The number of ether oxygens (including phenoxy) is 1. The average molecular weight is 385 g/mol. The highest BCUT2D eigenvalue weighted by molar-refractivity contribution is 5.84. The summed E-state index contributed by atoms with van der Waals surface area (Å²) in [4.78, 5) is 27.4. The second kappa shape index (κ2) is 8.38. The zero-order chi connectivity index (χ0) is 20.2. The van der Waals surface area contributed by atoms with Crippen LogP contribution in [0.25, 0.3) is 0 Å². The Morgan fingerprint density at radius 3 is 2.68 bits per heavy atom. The monoisotopic (exact) mass is 384 g/mol. The molecule has 3 rings (SSSR count). The summed E-state index contributed by atoms with van der Waals surface area (Å²) in [5.74, 6) is 1.07. The molecule has 1 saturated carbocycles. The van der Waals surface area contributed by atoms with Crippen molar-refractivity contribution in [3.8, 4) is 5.75 Å². The van der Waals surface area contributed by atoms with Crippen LogP contribution in [0.5, 0.6) is 5.75 Å². The van der Waals surface area contributed by atoms with Gasteiger partial charge < -0.3 is 15.0 Å². The summed E-state index contributed by atoms with van der Waals surface area (Å²) >= 11 is 0. The summed E-state index contributed by atoms with van der Waals surface area (Å²) in [5, 5.41) is 3.21.